The van der Waals surface area contributed by atoms with Gasteiger partial charge in [-0.05, 0) is 31.9 Å². The fourth-order valence-corrected chi connectivity index (χ4v) is 2.07. The van der Waals surface area contributed by atoms with Gasteiger partial charge in [-0.2, -0.15) is 5.26 Å². The molecule has 1 unspecified atom stereocenters. The number of benzene rings is 1. The highest BCUT2D eigenvalue weighted by atomic mass is 16.2. The third kappa shape index (κ3) is 4.30. The van der Waals surface area contributed by atoms with Gasteiger partial charge in [-0.1, -0.05) is 12.1 Å². The minimum Gasteiger partial charge on any atom is -0.348 e. The molecule has 1 aromatic carbocycles. The van der Waals surface area contributed by atoms with Crippen LogP contribution >= 0.6 is 0 Å². The van der Waals surface area contributed by atoms with E-state index in [-0.39, 0.29) is 18.4 Å². The number of quaternary nitrogens is 1. The Morgan fingerprint density at radius 3 is 2.73 bits per heavy atom. The van der Waals surface area contributed by atoms with E-state index in [2.05, 4.69) is 10.6 Å². The molecule has 2 rings (SSSR count). The molecule has 0 bridgehead atoms. The Balaban J connectivity index is 1.90. The van der Waals surface area contributed by atoms with E-state index in [0.29, 0.717) is 17.3 Å². The molecule has 6 nitrogen and oxygen atoms in total. The number of likely N-dealkylation sites (N-methyl/N-ethyl adjacent to an activating group) is 1. The number of nitrogens with one attached hydrogen (secondary N) is 3. The van der Waals surface area contributed by atoms with E-state index in [1.807, 2.05) is 13.1 Å². The molecule has 1 fully saturated rings. The van der Waals surface area contributed by atoms with E-state index in [1.54, 1.807) is 31.2 Å². The van der Waals surface area contributed by atoms with Crippen molar-refractivity contribution in [3.05, 3.63) is 29.8 Å². The van der Waals surface area contributed by atoms with Crippen molar-refractivity contribution in [2.24, 2.45) is 0 Å². The quantitative estimate of drug-likeness (QED) is 0.673. The van der Waals surface area contributed by atoms with Gasteiger partial charge >= 0.3 is 0 Å². The topological polar surface area (TPSA) is 86.4 Å². The minimum absolute atomic E-state index is 0.0305. The number of nitrogens with zero attached hydrogens (tertiary/aromatic N) is 1. The molecule has 1 saturated carbocycles. The van der Waals surface area contributed by atoms with Crippen LogP contribution in [-0.2, 0) is 9.59 Å². The first kappa shape index (κ1) is 16.0. The highest BCUT2D eigenvalue weighted by molar-refractivity contribution is 5.94. The van der Waals surface area contributed by atoms with Crippen LogP contribution < -0.4 is 15.5 Å². The lowest BCUT2D eigenvalue weighted by atomic mass is 10.2. The van der Waals surface area contributed by atoms with Crippen molar-refractivity contribution in [2.45, 2.75) is 31.8 Å². The van der Waals surface area contributed by atoms with Crippen LogP contribution in [0.4, 0.5) is 5.69 Å². The van der Waals surface area contributed by atoms with Gasteiger partial charge in [0.05, 0.1) is 18.3 Å². The summed E-state index contributed by atoms with van der Waals surface area (Å²) in [6, 6.07) is 8.84. The van der Waals surface area contributed by atoms with Crippen LogP contribution in [0.1, 0.15) is 25.3 Å². The summed E-state index contributed by atoms with van der Waals surface area (Å²) in [5, 5.41) is 14.7. The first-order valence-corrected chi connectivity index (χ1v) is 7.43. The Labute approximate surface area is 130 Å². The van der Waals surface area contributed by atoms with E-state index in [4.69, 9.17) is 5.26 Å². The summed E-state index contributed by atoms with van der Waals surface area (Å²) < 4.78 is 0. The predicted molar refractivity (Wildman–Crippen MR) is 82.2 cm³/mol. The maximum absolute atomic E-state index is 12.3. The molecule has 1 aromatic rings. The molecule has 0 aliphatic heterocycles. The number of carbonyl (C=O) groups is 2. The smallest absolute Gasteiger partial charge is 0.282 e. The zero-order chi connectivity index (χ0) is 16.1. The largest absolute Gasteiger partial charge is 0.348 e. The third-order valence-electron chi connectivity index (χ3n) is 3.82. The number of rotatable bonds is 6. The number of hydrogen-bond acceptors (Lipinski definition) is 3. The second kappa shape index (κ2) is 7.05. The van der Waals surface area contributed by atoms with Gasteiger partial charge in [-0.15, -0.1) is 0 Å². The number of hydrogen-bond donors (Lipinski definition) is 3. The average Bonchev–Trinajstić information content (AvgIpc) is 3.30. The van der Waals surface area contributed by atoms with Gasteiger partial charge in [0.15, 0.2) is 12.6 Å². The predicted octanol–water partition coefficient (Wildman–Crippen LogP) is -0.321. The lowest BCUT2D eigenvalue weighted by molar-refractivity contribution is -0.885. The van der Waals surface area contributed by atoms with Gasteiger partial charge in [-0.25, -0.2) is 0 Å². The van der Waals surface area contributed by atoms with E-state index in [1.165, 1.54) is 0 Å². The zero-order valence-electron chi connectivity index (χ0n) is 12.8. The van der Waals surface area contributed by atoms with Gasteiger partial charge in [0.25, 0.3) is 11.8 Å². The zero-order valence-corrected chi connectivity index (χ0v) is 12.8. The maximum atomic E-state index is 12.3. The minimum atomic E-state index is -0.392. The van der Waals surface area contributed by atoms with Gasteiger partial charge < -0.3 is 15.5 Å². The molecule has 0 spiro atoms. The molecule has 1 aliphatic carbocycles. The molecule has 2 amide bonds. The fourth-order valence-electron chi connectivity index (χ4n) is 2.07. The summed E-state index contributed by atoms with van der Waals surface area (Å²) in [6.07, 6.45) is 2.09. The Bertz CT molecular complexity index is 604. The maximum Gasteiger partial charge on any atom is 0.282 e. The first-order chi connectivity index (χ1) is 10.5. The normalized spacial score (nSPS) is 16.2. The average molecular weight is 301 g/mol. The van der Waals surface area contributed by atoms with Gasteiger partial charge in [-0.3, -0.25) is 9.59 Å². The molecular weight excluding hydrogens is 280 g/mol. The van der Waals surface area contributed by atoms with Crippen LogP contribution in [-0.4, -0.2) is 37.5 Å². The SMILES string of the molecule is C[C@H](C(=O)Nc1ccccc1C#N)[NH+](C)CC(=O)NC1CC1. The molecule has 116 valence electrons. The Morgan fingerprint density at radius 2 is 2.09 bits per heavy atom. The number of para-hydroxylation sites is 1. The van der Waals surface area contributed by atoms with Crippen molar-refractivity contribution in [3.8, 4) is 6.07 Å². The van der Waals surface area contributed by atoms with E-state index in [9.17, 15) is 9.59 Å². The van der Waals surface area contributed by atoms with E-state index >= 15 is 0 Å². The van der Waals surface area contributed by atoms with E-state index < -0.39 is 6.04 Å². The molecule has 0 saturated heterocycles. The first-order valence-electron chi connectivity index (χ1n) is 7.43. The van der Waals surface area contributed by atoms with Crippen molar-refractivity contribution >= 4 is 17.5 Å². The molecule has 3 N–H and O–H groups in total. The number of nitriles is 1. The summed E-state index contributed by atoms with van der Waals surface area (Å²) in [4.78, 5) is 24.9. The molecule has 0 aromatic heterocycles. The fraction of sp³-hybridized carbons (Fsp3) is 0.438. The Hall–Kier alpha value is -2.39. The number of carbonyl (C=O) groups excluding carboxylic acids is 2. The summed E-state index contributed by atoms with van der Waals surface area (Å²) in [5.41, 5.74) is 0.921. The molecule has 2 atom stereocenters. The number of anilines is 1. The Morgan fingerprint density at radius 1 is 1.41 bits per heavy atom. The summed E-state index contributed by atoms with van der Waals surface area (Å²) in [7, 11) is 1.81. The van der Waals surface area contributed by atoms with Crippen LogP contribution in [0, 0.1) is 11.3 Å². The van der Waals surface area contributed by atoms with Crippen molar-refractivity contribution in [1.82, 2.24) is 5.32 Å². The second-order valence-corrected chi connectivity index (χ2v) is 5.73. The van der Waals surface area contributed by atoms with Crippen LogP contribution in [0.5, 0.6) is 0 Å². The second-order valence-electron chi connectivity index (χ2n) is 5.73. The third-order valence-corrected chi connectivity index (χ3v) is 3.82. The standard InChI is InChI=1S/C16H20N4O2/c1-11(20(2)10-15(21)18-13-7-8-13)16(22)19-14-6-4-3-5-12(14)9-17/h3-6,11,13H,7-8,10H2,1-2H3,(H,18,21)(H,19,22)/p+1/t11-/m1/s1. The number of amides is 2. The summed E-state index contributed by atoms with van der Waals surface area (Å²) >= 11 is 0. The molecule has 0 heterocycles. The van der Waals surface area contributed by atoms with Crippen LogP contribution in [0.2, 0.25) is 0 Å². The molecule has 0 radical (unpaired) electrons. The lowest BCUT2D eigenvalue weighted by Crippen LogP contribution is -3.15. The molecule has 22 heavy (non-hydrogen) atoms. The van der Waals surface area contributed by atoms with Crippen molar-refractivity contribution in [1.29, 1.82) is 5.26 Å². The lowest BCUT2D eigenvalue weighted by Gasteiger charge is -2.20. The van der Waals surface area contributed by atoms with Crippen molar-refractivity contribution in [2.75, 3.05) is 18.9 Å². The molecule has 1 aliphatic rings. The summed E-state index contributed by atoms with van der Waals surface area (Å²) in [6.45, 7) is 2.02. The van der Waals surface area contributed by atoms with Crippen LogP contribution in [0.25, 0.3) is 0 Å². The van der Waals surface area contributed by atoms with Crippen molar-refractivity contribution in [3.63, 3.8) is 0 Å². The van der Waals surface area contributed by atoms with Gasteiger partial charge in [0.2, 0.25) is 0 Å². The highest BCUT2D eigenvalue weighted by Crippen LogP contribution is 2.18. The van der Waals surface area contributed by atoms with Crippen LogP contribution in [0.15, 0.2) is 24.3 Å². The van der Waals surface area contributed by atoms with Gasteiger partial charge in [0.1, 0.15) is 6.07 Å². The summed E-state index contributed by atoms with van der Waals surface area (Å²) in [5.74, 6) is -0.239. The van der Waals surface area contributed by atoms with Crippen LogP contribution in [0.3, 0.4) is 0 Å². The van der Waals surface area contributed by atoms with Crippen molar-refractivity contribution < 1.29 is 14.5 Å². The van der Waals surface area contributed by atoms with E-state index in [0.717, 1.165) is 17.7 Å². The monoisotopic (exact) mass is 301 g/mol. The Kier molecular flexibility index (Phi) is 5.12. The molecule has 6 heteroatoms. The molecular formula is C16H21N4O2+. The highest BCUT2D eigenvalue weighted by Gasteiger charge is 2.28. The van der Waals surface area contributed by atoms with Gasteiger partial charge in [0, 0.05) is 6.04 Å².